The van der Waals surface area contributed by atoms with E-state index in [-0.39, 0.29) is 11.9 Å². The molecule has 0 saturated heterocycles. The monoisotopic (exact) mass is 364 g/mol. The maximum absolute atomic E-state index is 12.5. The molecular formula is C19H32N4O3. The molecule has 0 fully saturated rings. The number of fused-ring (bicyclic) bond motifs is 1. The Hall–Kier alpha value is -2.05. The number of rotatable bonds is 6. The van der Waals surface area contributed by atoms with E-state index in [0.717, 1.165) is 43.4 Å². The molecule has 2 rings (SSSR count). The van der Waals surface area contributed by atoms with Crippen LogP contribution in [0.2, 0.25) is 0 Å². The van der Waals surface area contributed by atoms with Gasteiger partial charge in [-0.3, -0.25) is 9.89 Å². The van der Waals surface area contributed by atoms with E-state index in [9.17, 15) is 9.59 Å². The molecule has 1 atom stereocenters. The summed E-state index contributed by atoms with van der Waals surface area (Å²) in [5.74, 6) is 0.189. The molecule has 26 heavy (non-hydrogen) atoms. The fourth-order valence-corrected chi connectivity index (χ4v) is 3.20. The van der Waals surface area contributed by atoms with Crippen molar-refractivity contribution < 1.29 is 14.3 Å². The first-order valence-electron chi connectivity index (χ1n) is 9.49. The molecule has 7 heteroatoms. The lowest BCUT2D eigenvalue weighted by Gasteiger charge is -2.24. The van der Waals surface area contributed by atoms with Crippen LogP contribution in [0.25, 0.3) is 0 Å². The Bertz CT molecular complexity index is 631. The predicted molar refractivity (Wildman–Crippen MR) is 100 cm³/mol. The molecule has 0 bridgehead atoms. The van der Waals surface area contributed by atoms with Gasteiger partial charge in [0.25, 0.3) is 5.91 Å². The average molecular weight is 364 g/mol. The third-order valence-corrected chi connectivity index (χ3v) is 4.26. The van der Waals surface area contributed by atoms with Gasteiger partial charge in [-0.1, -0.05) is 13.8 Å². The van der Waals surface area contributed by atoms with Crippen LogP contribution in [0, 0.1) is 5.92 Å². The van der Waals surface area contributed by atoms with Crippen LogP contribution in [0.3, 0.4) is 0 Å². The molecule has 1 unspecified atom stereocenters. The van der Waals surface area contributed by atoms with Gasteiger partial charge in [-0.25, -0.2) is 4.79 Å². The van der Waals surface area contributed by atoms with E-state index in [4.69, 9.17) is 4.74 Å². The normalized spacial score (nSPS) is 15.3. The number of aryl methyl sites for hydroxylation is 1. The predicted octanol–water partition coefficient (Wildman–Crippen LogP) is 2.96. The second-order valence-corrected chi connectivity index (χ2v) is 8.42. The highest BCUT2D eigenvalue weighted by Gasteiger charge is 2.24. The van der Waals surface area contributed by atoms with E-state index < -0.39 is 11.7 Å². The van der Waals surface area contributed by atoms with Crippen molar-refractivity contribution in [3.8, 4) is 0 Å². The van der Waals surface area contributed by atoms with Gasteiger partial charge in [-0.05, 0) is 58.8 Å². The number of carbonyl (C=O) groups excluding carboxylic acids is 2. The lowest BCUT2D eigenvalue weighted by Crippen LogP contribution is -2.46. The smallest absolute Gasteiger partial charge is 0.407 e. The summed E-state index contributed by atoms with van der Waals surface area (Å²) in [5.41, 5.74) is 2.05. The summed E-state index contributed by atoms with van der Waals surface area (Å²) in [6.07, 6.45) is 4.34. The zero-order valence-electron chi connectivity index (χ0n) is 16.6. The fraction of sp³-hybridized carbons (Fsp3) is 0.737. The molecule has 146 valence electrons. The van der Waals surface area contributed by atoms with Gasteiger partial charge in [-0.2, -0.15) is 5.10 Å². The number of hydrogen-bond acceptors (Lipinski definition) is 4. The first kappa shape index (κ1) is 20.3. The van der Waals surface area contributed by atoms with Crippen molar-refractivity contribution >= 4 is 12.0 Å². The van der Waals surface area contributed by atoms with Crippen LogP contribution >= 0.6 is 0 Å². The van der Waals surface area contributed by atoms with Crippen LogP contribution in [0.5, 0.6) is 0 Å². The van der Waals surface area contributed by atoms with Crippen molar-refractivity contribution in [1.29, 1.82) is 0 Å². The highest BCUT2D eigenvalue weighted by molar-refractivity contribution is 5.94. The van der Waals surface area contributed by atoms with Gasteiger partial charge in [0.15, 0.2) is 5.69 Å². The minimum atomic E-state index is -0.552. The van der Waals surface area contributed by atoms with Crippen molar-refractivity contribution in [2.75, 3.05) is 6.54 Å². The Balaban J connectivity index is 1.94. The molecule has 0 aliphatic heterocycles. The fourth-order valence-electron chi connectivity index (χ4n) is 3.20. The Morgan fingerprint density at radius 3 is 2.58 bits per heavy atom. The first-order chi connectivity index (χ1) is 12.2. The highest BCUT2D eigenvalue weighted by atomic mass is 16.6. The van der Waals surface area contributed by atoms with E-state index in [2.05, 4.69) is 34.7 Å². The van der Waals surface area contributed by atoms with Gasteiger partial charge in [0.2, 0.25) is 0 Å². The van der Waals surface area contributed by atoms with E-state index in [0.29, 0.717) is 18.2 Å². The van der Waals surface area contributed by atoms with Gasteiger partial charge in [-0.15, -0.1) is 0 Å². The molecule has 1 aromatic heterocycles. The number of nitrogens with zero attached hydrogens (tertiary/aromatic N) is 1. The van der Waals surface area contributed by atoms with E-state index in [1.54, 1.807) is 0 Å². The van der Waals surface area contributed by atoms with Crippen molar-refractivity contribution in [2.24, 2.45) is 5.92 Å². The van der Waals surface area contributed by atoms with Gasteiger partial charge in [0.05, 0.1) is 0 Å². The third kappa shape index (κ3) is 6.04. The third-order valence-electron chi connectivity index (χ3n) is 4.26. The molecule has 2 amide bonds. The molecule has 0 aromatic carbocycles. The molecule has 0 radical (unpaired) electrons. The molecule has 1 aliphatic rings. The summed E-state index contributed by atoms with van der Waals surface area (Å²) in [6.45, 7) is 9.98. The number of hydrogen-bond donors (Lipinski definition) is 3. The van der Waals surface area contributed by atoms with Gasteiger partial charge in [0.1, 0.15) is 5.60 Å². The van der Waals surface area contributed by atoms with Gasteiger partial charge in [0, 0.05) is 23.8 Å². The summed E-state index contributed by atoms with van der Waals surface area (Å²) in [5, 5.41) is 13.0. The summed E-state index contributed by atoms with van der Waals surface area (Å²) < 4.78 is 5.32. The van der Waals surface area contributed by atoms with E-state index in [1.807, 2.05) is 20.8 Å². The quantitative estimate of drug-likeness (QED) is 0.723. The Morgan fingerprint density at radius 1 is 1.23 bits per heavy atom. The second kappa shape index (κ2) is 8.56. The maximum atomic E-state index is 12.5. The molecule has 0 saturated carbocycles. The number of H-pyrrole nitrogens is 1. The summed E-state index contributed by atoms with van der Waals surface area (Å²) in [6, 6.07) is -0.191. The minimum Gasteiger partial charge on any atom is -0.444 e. The van der Waals surface area contributed by atoms with Crippen molar-refractivity contribution in [3.63, 3.8) is 0 Å². The van der Waals surface area contributed by atoms with E-state index >= 15 is 0 Å². The zero-order valence-corrected chi connectivity index (χ0v) is 16.6. The molecule has 7 nitrogen and oxygen atoms in total. The molecule has 1 aromatic rings. The van der Waals surface area contributed by atoms with Crippen molar-refractivity contribution in [3.05, 3.63) is 17.0 Å². The maximum Gasteiger partial charge on any atom is 0.407 e. The lowest BCUT2D eigenvalue weighted by molar-refractivity contribution is 0.0496. The number of aromatic amines is 1. The number of alkyl carbamates (subject to hydrolysis) is 1. The van der Waals surface area contributed by atoms with Crippen LogP contribution in [-0.4, -0.2) is 40.4 Å². The molecule has 1 heterocycles. The van der Waals surface area contributed by atoms with Crippen LogP contribution in [0.1, 0.15) is 75.6 Å². The molecule has 0 spiro atoms. The number of amides is 2. The van der Waals surface area contributed by atoms with Crippen LogP contribution < -0.4 is 10.6 Å². The molecular weight excluding hydrogens is 332 g/mol. The van der Waals surface area contributed by atoms with Crippen LogP contribution in [0.4, 0.5) is 4.79 Å². The topological polar surface area (TPSA) is 96.1 Å². The first-order valence-corrected chi connectivity index (χ1v) is 9.49. The van der Waals surface area contributed by atoms with Gasteiger partial charge < -0.3 is 15.4 Å². The van der Waals surface area contributed by atoms with E-state index in [1.165, 1.54) is 0 Å². The second-order valence-electron chi connectivity index (χ2n) is 8.42. The average Bonchev–Trinajstić information content (AvgIpc) is 2.94. The summed E-state index contributed by atoms with van der Waals surface area (Å²) in [4.78, 5) is 24.6. The highest BCUT2D eigenvalue weighted by Crippen LogP contribution is 2.22. The summed E-state index contributed by atoms with van der Waals surface area (Å²) >= 11 is 0. The lowest BCUT2D eigenvalue weighted by atomic mass is 9.95. The largest absolute Gasteiger partial charge is 0.444 e. The number of nitrogens with one attached hydrogen (secondary N) is 3. The van der Waals surface area contributed by atoms with Gasteiger partial charge >= 0.3 is 6.09 Å². The Morgan fingerprint density at radius 2 is 1.92 bits per heavy atom. The Kier molecular flexibility index (Phi) is 6.67. The van der Waals surface area contributed by atoms with Crippen molar-refractivity contribution in [2.45, 2.75) is 78.4 Å². The van der Waals surface area contributed by atoms with Crippen LogP contribution in [0.15, 0.2) is 0 Å². The minimum absolute atomic E-state index is 0.191. The Labute approximate surface area is 155 Å². The molecule has 3 N–H and O–H groups in total. The van der Waals surface area contributed by atoms with Crippen molar-refractivity contribution in [1.82, 2.24) is 20.8 Å². The number of aromatic nitrogens is 2. The standard InChI is InChI=1S/C19H32N4O3/c1-12(2)10-13(21-18(25)26-19(3,4)5)11-20-17(24)16-14-8-6-7-9-15(14)22-23-16/h12-13H,6-11H2,1-5H3,(H,20,24)(H,21,25)(H,22,23). The number of ether oxygens (including phenoxy) is 1. The zero-order chi connectivity index (χ0) is 19.3. The number of carbonyl (C=O) groups is 2. The SMILES string of the molecule is CC(C)CC(CNC(=O)c1n[nH]c2c1CCCC2)NC(=O)OC(C)(C)C. The summed E-state index contributed by atoms with van der Waals surface area (Å²) in [7, 11) is 0. The molecule has 1 aliphatic carbocycles. The van der Waals surface area contributed by atoms with Crippen LogP contribution in [-0.2, 0) is 17.6 Å².